The largest absolute Gasteiger partial charge is 0.461 e. The van der Waals surface area contributed by atoms with Crippen molar-refractivity contribution in [1.82, 2.24) is 29.5 Å². The highest BCUT2D eigenvalue weighted by atomic mass is 19.4. The minimum absolute atomic E-state index is 0.0453. The maximum Gasteiger partial charge on any atom is 0.418 e. The minimum atomic E-state index is -4.95. The number of ether oxygens (including phenoxy) is 2. The summed E-state index contributed by atoms with van der Waals surface area (Å²) in [6.07, 6.45) is -3.21. The third-order valence-electron chi connectivity index (χ3n) is 10.4. The molecule has 4 aliphatic heterocycles. The van der Waals surface area contributed by atoms with Gasteiger partial charge in [0.1, 0.15) is 12.4 Å². The van der Waals surface area contributed by atoms with Crippen LogP contribution in [0.15, 0.2) is 18.2 Å². The minimum Gasteiger partial charge on any atom is -0.461 e. The number of alkyl halides is 3. The van der Waals surface area contributed by atoms with Gasteiger partial charge < -0.3 is 30.7 Å². The van der Waals surface area contributed by atoms with E-state index in [4.69, 9.17) is 30.9 Å². The van der Waals surface area contributed by atoms with E-state index in [-0.39, 0.29) is 48.4 Å². The molecular formula is C36H41F4N9O3. The van der Waals surface area contributed by atoms with Crippen LogP contribution < -0.4 is 21.1 Å². The maximum absolute atomic E-state index is 15.7. The predicted molar refractivity (Wildman–Crippen MR) is 185 cm³/mol. The number of halogens is 4. The second-order valence-corrected chi connectivity index (χ2v) is 14.1. The second kappa shape index (κ2) is 13.3. The van der Waals surface area contributed by atoms with Crippen LogP contribution in [0, 0.1) is 17.7 Å². The molecule has 0 saturated carbocycles. The summed E-state index contributed by atoms with van der Waals surface area (Å²) >= 11 is 0. The molecule has 16 heteroatoms. The Bertz CT molecular complexity index is 2020. The van der Waals surface area contributed by atoms with E-state index in [0.717, 1.165) is 44.0 Å². The van der Waals surface area contributed by atoms with Crippen LogP contribution in [0.1, 0.15) is 82.8 Å². The van der Waals surface area contributed by atoms with Crippen molar-refractivity contribution in [2.45, 2.75) is 76.5 Å². The van der Waals surface area contributed by atoms with Gasteiger partial charge >= 0.3 is 12.2 Å². The molecule has 6 heterocycles. The number of carbonyl (C=O) groups is 1. The number of amides is 1. The fourth-order valence-electron chi connectivity index (χ4n) is 8.01. The summed E-state index contributed by atoms with van der Waals surface area (Å²) in [6.45, 7) is 8.61. The first-order valence-corrected chi connectivity index (χ1v) is 17.2. The van der Waals surface area contributed by atoms with Gasteiger partial charge in [-0.25, -0.2) is 4.39 Å². The quantitative estimate of drug-likeness (QED) is 0.162. The molecule has 276 valence electrons. The first kappa shape index (κ1) is 35.5. The molecule has 0 unspecified atom stereocenters. The van der Waals surface area contributed by atoms with E-state index >= 15 is 4.39 Å². The lowest BCUT2D eigenvalue weighted by molar-refractivity contribution is -0.140. The lowest BCUT2D eigenvalue weighted by Crippen LogP contribution is -2.43. The Morgan fingerprint density at radius 3 is 2.71 bits per heavy atom. The first-order valence-electron chi connectivity index (χ1n) is 17.2. The van der Waals surface area contributed by atoms with Crippen LogP contribution in [0.2, 0.25) is 0 Å². The van der Waals surface area contributed by atoms with E-state index in [1.807, 2.05) is 4.90 Å². The molecule has 0 radical (unpaired) electrons. The standard InChI is InChI=1S/C36H41F4N9O3/c1-5-8-21-13-23(41)29(37)27(28(21)36(38,39)40)26-14-24-22(18-51-26)32(44-34(43-24)52-19-35-9-6-11-48(35)16-20(2)15-35)47-10-7-12-49-25(17-47)30(42)31(45-49)33(50)46(3)4/h13,26H,2,6-7,9-12,14-19,41-42H2,1,3-4H3/t26-,35+/m1/s1. The van der Waals surface area contributed by atoms with Crippen molar-refractivity contribution in [2.24, 2.45) is 0 Å². The number of rotatable bonds is 6. The molecular weight excluding hydrogens is 682 g/mol. The average Bonchev–Trinajstić information content (AvgIpc) is 3.66. The van der Waals surface area contributed by atoms with Crippen LogP contribution >= 0.6 is 0 Å². The van der Waals surface area contributed by atoms with Gasteiger partial charge in [-0.1, -0.05) is 18.1 Å². The zero-order valence-electron chi connectivity index (χ0n) is 29.4. The number of carbonyl (C=O) groups excluding carboxylic acids is 1. The number of aryl methyl sites for hydroxylation is 1. The smallest absolute Gasteiger partial charge is 0.418 e. The van der Waals surface area contributed by atoms with Crippen LogP contribution in [0.5, 0.6) is 6.01 Å². The van der Waals surface area contributed by atoms with Gasteiger partial charge in [-0.3, -0.25) is 14.4 Å². The Morgan fingerprint density at radius 1 is 1.19 bits per heavy atom. The average molecular weight is 724 g/mol. The third-order valence-corrected chi connectivity index (χ3v) is 10.4. The summed E-state index contributed by atoms with van der Waals surface area (Å²) in [6, 6.07) is 0.946. The fraction of sp³-hybridized carbons (Fsp3) is 0.500. The number of benzene rings is 1. The van der Waals surface area contributed by atoms with E-state index in [9.17, 15) is 18.0 Å². The highest BCUT2D eigenvalue weighted by Gasteiger charge is 2.47. The van der Waals surface area contributed by atoms with Crippen molar-refractivity contribution < 1.29 is 31.8 Å². The molecule has 2 saturated heterocycles. The van der Waals surface area contributed by atoms with Crippen LogP contribution in [-0.2, 0) is 37.0 Å². The summed E-state index contributed by atoms with van der Waals surface area (Å²) in [5.41, 5.74) is 12.4. The van der Waals surface area contributed by atoms with Crippen molar-refractivity contribution in [3.63, 3.8) is 0 Å². The summed E-state index contributed by atoms with van der Waals surface area (Å²) in [4.78, 5) is 28.2. The summed E-state index contributed by atoms with van der Waals surface area (Å²) < 4.78 is 73.7. The third kappa shape index (κ3) is 6.19. The van der Waals surface area contributed by atoms with Crippen LogP contribution in [0.3, 0.4) is 0 Å². The van der Waals surface area contributed by atoms with Gasteiger partial charge in [0.15, 0.2) is 11.5 Å². The van der Waals surface area contributed by atoms with Crippen molar-refractivity contribution in [1.29, 1.82) is 0 Å². The molecule has 0 aliphatic carbocycles. The van der Waals surface area contributed by atoms with E-state index in [1.165, 1.54) is 11.8 Å². The van der Waals surface area contributed by atoms with Crippen molar-refractivity contribution in [3.8, 4) is 17.9 Å². The number of nitrogens with two attached hydrogens (primary N) is 2. The molecule has 4 aliphatic rings. The molecule has 0 spiro atoms. The number of hydrogen-bond acceptors (Lipinski definition) is 10. The molecule has 52 heavy (non-hydrogen) atoms. The molecule has 7 rings (SSSR count). The normalized spacial score (nSPS) is 21.6. The van der Waals surface area contributed by atoms with Gasteiger partial charge in [0.05, 0.1) is 53.1 Å². The fourth-order valence-corrected chi connectivity index (χ4v) is 8.01. The van der Waals surface area contributed by atoms with Gasteiger partial charge in [0.2, 0.25) is 0 Å². The molecule has 3 aromatic rings. The van der Waals surface area contributed by atoms with E-state index in [0.29, 0.717) is 48.9 Å². The Kier molecular flexibility index (Phi) is 9.06. The topological polar surface area (TPSA) is 141 Å². The number of hydrogen-bond donors (Lipinski definition) is 2. The Labute approximate surface area is 298 Å². The van der Waals surface area contributed by atoms with Gasteiger partial charge in [0, 0.05) is 56.8 Å². The monoisotopic (exact) mass is 723 g/mol. The first-order chi connectivity index (χ1) is 24.7. The van der Waals surface area contributed by atoms with Gasteiger partial charge in [0.25, 0.3) is 5.91 Å². The number of nitrogens with zero attached hydrogens (tertiary/aromatic N) is 7. The number of fused-ring (bicyclic) bond motifs is 3. The zero-order valence-corrected chi connectivity index (χ0v) is 29.4. The van der Waals surface area contributed by atoms with Gasteiger partial charge in [-0.2, -0.15) is 28.2 Å². The zero-order chi connectivity index (χ0) is 37.1. The maximum atomic E-state index is 15.7. The Hall–Kier alpha value is -4.88. The summed E-state index contributed by atoms with van der Waals surface area (Å²) in [7, 11) is 3.25. The van der Waals surface area contributed by atoms with Crippen LogP contribution in [0.25, 0.3) is 0 Å². The van der Waals surface area contributed by atoms with Crippen molar-refractivity contribution in [2.75, 3.05) is 56.7 Å². The molecule has 1 amide bonds. The van der Waals surface area contributed by atoms with Crippen molar-refractivity contribution >= 4 is 23.1 Å². The second-order valence-electron chi connectivity index (χ2n) is 14.1. The molecule has 2 atom stereocenters. The lowest BCUT2D eigenvalue weighted by atomic mass is 9.91. The molecule has 1 aromatic carbocycles. The highest BCUT2D eigenvalue weighted by molar-refractivity contribution is 5.97. The van der Waals surface area contributed by atoms with Crippen LogP contribution in [0.4, 0.5) is 34.8 Å². The molecule has 4 N–H and O–H groups in total. The summed E-state index contributed by atoms with van der Waals surface area (Å²) in [5, 5.41) is 4.51. The van der Waals surface area contributed by atoms with E-state index in [1.54, 1.807) is 18.8 Å². The molecule has 2 aromatic heterocycles. The van der Waals surface area contributed by atoms with Gasteiger partial charge in [-0.05, 0) is 45.2 Å². The predicted octanol–water partition coefficient (Wildman–Crippen LogP) is 4.47. The number of aromatic nitrogens is 4. The molecule has 0 bridgehead atoms. The molecule has 2 fully saturated rings. The SMILES string of the molecule is C=C1CN2CCC[C@@]2(COc2nc3c(c(N4CCCn5nc(C(=O)N(C)C)c(N)c5C4)n2)CO[C@@H](c2c(F)c(N)cc(C#CC)c2C(F)(F)F)C3)C1. The Balaban J connectivity index is 1.30. The van der Waals surface area contributed by atoms with Crippen LogP contribution in [-0.4, -0.2) is 81.3 Å². The molecule has 12 nitrogen and oxygen atoms in total. The van der Waals surface area contributed by atoms with E-state index < -0.39 is 40.5 Å². The van der Waals surface area contributed by atoms with E-state index in [2.05, 4.69) is 28.4 Å². The number of nitrogen functional groups attached to an aromatic ring is 2. The highest BCUT2D eigenvalue weighted by Crippen LogP contribution is 2.45. The van der Waals surface area contributed by atoms with Gasteiger partial charge in [-0.15, -0.1) is 5.92 Å². The number of anilines is 3. The Morgan fingerprint density at radius 2 is 1.98 bits per heavy atom. The lowest BCUT2D eigenvalue weighted by Gasteiger charge is -2.33. The van der Waals surface area contributed by atoms with Crippen molar-refractivity contribution in [3.05, 3.63) is 63.4 Å². The summed E-state index contributed by atoms with van der Waals surface area (Å²) in [5.74, 6) is 3.81.